The zero-order valence-corrected chi connectivity index (χ0v) is 23.8. The van der Waals surface area contributed by atoms with Gasteiger partial charge in [-0.15, -0.1) is 0 Å². The number of likely N-dealkylation sites (N-methyl/N-ethyl adjacent to an activating group) is 1. The first-order valence-corrected chi connectivity index (χ1v) is 14.7. The second-order valence-electron chi connectivity index (χ2n) is 9.98. The molecule has 0 heterocycles. The summed E-state index contributed by atoms with van der Waals surface area (Å²) in [6, 6.07) is 0. The topological polar surface area (TPSA) is 114 Å². The molecule has 1 unspecified atom stereocenters. The summed E-state index contributed by atoms with van der Waals surface area (Å²) in [5, 5.41) is 8.92. The van der Waals surface area contributed by atoms with Crippen LogP contribution in [-0.2, 0) is 28.0 Å². The number of hydrogen-bond donors (Lipinski definition) is 1. The van der Waals surface area contributed by atoms with Crippen molar-refractivity contribution in [1.82, 2.24) is 0 Å². The van der Waals surface area contributed by atoms with E-state index >= 15 is 0 Å². The van der Waals surface area contributed by atoms with Gasteiger partial charge in [-0.25, -0.2) is 4.89 Å². The lowest BCUT2D eigenvalue weighted by atomic mass is 10.1. The number of carbonyl (C=O) groups excluding carboxylic acids is 1. The van der Waals surface area contributed by atoms with Crippen molar-refractivity contribution in [2.24, 2.45) is 0 Å². The van der Waals surface area contributed by atoms with E-state index in [4.69, 9.17) is 19.0 Å². The fourth-order valence-electron chi connectivity index (χ4n) is 3.09. The molecule has 10 heteroatoms. The molecule has 0 fully saturated rings. The molecule has 1 N–H and O–H groups in total. The van der Waals surface area contributed by atoms with E-state index < -0.39 is 26.5 Å². The van der Waals surface area contributed by atoms with E-state index in [1.54, 1.807) is 0 Å². The van der Waals surface area contributed by atoms with Gasteiger partial charge < -0.3 is 23.2 Å². The molecule has 0 aliphatic heterocycles. The van der Waals surface area contributed by atoms with Crippen molar-refractivity contribution < 1.29 is 42.7 Å². The molecular formula is C26H50NO8P. The third kappa shape index (κ3) is 24.6. The van der Waals surface area contributed by atoms with E-state index in [1.165, 1.54) is 25.7 Å². The van der Waals surface area contributed by atoms with Crippen molar-refractivity contribution in [3.63, 3.8) is 0 Å². The number of carbonyl (C=O) groups is 1. The number of unbranched alkanes of at least 4 members (excludes halogenated alkanes) is 8. The Hall–Kier alpha value is -1.06. The summed E-state index contributed by atoms with van der Waals surface area (Å²) < 4.78 is 26.8. The van der Waals surface area contributed by atoms with Crippen LogP contribution in [0.3, 0.4) is 0 Å². The van der Waals surface area contributed by atoms with E-state index in [-0.39, 0.29) is 19.6 Å². The van der Waals surface area contributed by atoms with Crippen molar-refractivity contribution in [3.8, 4) is 0 Å². The van der Waals surface area contributed by atoms with Crippen molar-refractivity contribution in [2.45, 2.75) is 90.1 Å². The lowest BCUT2D eigenvalue weighted by Crippen LogP contribution is -2.37. The van der Waals surface area contributed by atoms with Crippen molar-refractivity contribution in [1.29, 1.82) is 0 Å². The van der Waals surface area contributed by atoms with E-state index in [9.17, 15) is 14.3 Å². The number of rotatable bonds is 24. The summed E-state index contributed by atoms with van der Waals surface area (Å²) in [6.07, 6.45) is 20.2. The maximum Gasteiger partial charge on any atom is 0.305 e. The fourth-order valence-corrected chi connectivity index (χ4v) is 3.81. The Morgan fingerprint density at radius 1 is 0.917 bits per heavy atom. The number of esters is 1. The van der Waals surface area contributed by atoms with Crippen LogP contribution >= 0.6 is 7.82 Å². The van der Waals surface area contributed by atoms with Gasteiger partial charge in [0.15, 0.2) is 6.10 Å². The lowest BCUT2D eigenvalue weighted by Gasteiger charge is -2.27. The van der Waals surface area contributed by atoms with Crippen LogP contribution in [0.25, 0.3) is 0 Å². The molecule has 0 aromatic heterocycles. The SMILES string of the molecule is CCCCC/C=C\C/C=C\CCCCCCCC(=O)OC[C@H](COP(=O)([O-])OCC[N+](C)(C)C)OO. The quantitative estimate of drug-likeness (QED) is 0.0332. The van der Waals surface area contributed by atoms with Gasteiger partial charge in [-0.2, -0.15) is 0 Å². The molecule has 9 nitrogen and oxygen atoms in total. The van der Waals surface area contributed by atoms with Crippen molar-refractivity contribution in [2.75, 3.05) is 47.5 Å². The summed E-state index contributed by atoms with van der Waals surface area (Å²) in [5.74, 6) is -0.424. The molecule has 0 aliphatic rings. The first kappa shape index (κ1) is 34.9. The van der Waals surface area contributed by atoms with Gasteiger partial charge in [-0.1, -0.05) is 63.3 Å². The molecule has 0 aliphatic carbocycles. The first-order chi connectivity index (χ1) is 17.1. The highest BCUT2D eigenvalue weighted by molar-refractivity contribution is 7.45. The minimum atomic E-state index is -4.54. The number of phosphoric acid groups is 1. The van der Waals surface area contributed by atoms with Crippen LogP contribution in [0.2, 0.25) is 0 Å². The van der Waals surface area contributed by atoms with Crippen LogP contribution in [0, 0.1) is 0 Å². The average molecular weight is 536 g/mol. The van der Waals surface area contributed by atoms with E-state index in [2.05, 4.69) is 36.1 Å². The Morgan fingerprint density at radius 2 is 1.53 bits per heavy atom. The second-order valence-corrected chi connectivity index (χ2v) is 11.4. The monoisotopic (exact) mass is 535 g/mol. The van der Waals surface area contributed by atoms with Gasteiger partial charge in [0.1, 0.15) is 19.8 Å². The number of nitrogens with zero attached hydrogens (tertiary/aromatic N) is 1. The van der Waals surface area contributed by atoms with Gasteiger partial charge in [-0.05, 0) is 38.5 Å². The van der Waals surface area contributed by atoms with E-state index in [0.29, 0.717) is 17.4 Å². The van der Waals surface area contributed by atoms with Gasteiger partial charge in [0.25, 0.3) is 7.82 Å². The minimum absolute atomic E-state index is 0.0303. The standard InChI is InChI=1S/C26H50NO8P/c1-5-6-7-8-9-10-11-12-13-14-15-16-17-18-19-20-26(28)32-23-25(35-29)24-34-36(30,31)33-22-21-27(2,3)4/h9-10,12-13,25H,5-8,11,14-24H2,1-4H3,(H-,29,30,31)/b10-9-,13-12-/t25-/m1/s1. The maximum atomic E-state index is 11.9. The largest absolute Gasteiger partial charge is 0.756 e. The number of allylic oxidation sites excluding steroid dienone is 4. The maximum absolute atomic E-state index is 11.9. The number of ether oxygens (including phenoxy) is 1. The minimum Gasteiger partial charge on any atom is -0.756 e. The fraction of sp³-hybridized carbons (Fsp3) is 0.808. The smallest absolute Gasteiger partial charge is 0.305 e. The Morgan fingerprint density at radius 3 is 2.14 bits per heavy atom. The molecule has 0 amide bonds. The van der Waals surface area contributed by atoms with Gasteiger partial charge in [-0.3, -0.25) is 14.6 Å². The average Bonchev–Trinajstić information content (AvgIpc) is 2.80. The summed E-state index contributed by atoms with van der Waals surface area (Å²) in [5.41, 5.74) is 0. The second kappa shape index (κ2) is 22.0. The third-order valence-electron chi connectivity index (χ3n) is 5.34. The molecule has 0 saturated carbocycles. The highest BCUT2D eigenvalue weighted by Gasteiger charge is 2.19. The molecule has 36 heavy (non-hydrogen) atoms. The number of phosphoric ester groups is 1. The Bertz CT molecular complexity index is 648. The Kier molecular flexibility index (Phi) is 21.3. The van der Waals surface area contributed by atoms with E-state index in [0.717, 1.165) is 38.5 Å². The molecule has 0 bridgehead atoms. The van der Waals surface area contributed by atoms with Crippen LogP contribution in [0.4, 0.5) is 0 Å². The van der Waals surface area contributed by atoms with E-state index in [1.807, 2.05) is 21.1 Å². The van der Waals surface area contributed by atoms with Gasteiger partial charge >= 0.3 is 5.97 Å². The normalized spacial score (nSPS) is 14.9. The zero-order chi connectivity index (χ0) is 27.1. The van der Waals surface area contributed by atoms with Gasteiger partial charge in [0.05, 0.1) is 27.7 Å². The van der Waals surface area contributed by atoms with Gasteiger partial charge in [0.2, 0.25) is 0 Å². The van der Waals surface area contributed by atoms with Crippen molar-refractivity contribution in [3.05, 3.63) is 24.3 Å². The third-order valence-corrected chi connectivity index (χ3v) is 6.30. The molecule has 0 spiro atoms. The lowest BCUT2D eigenvalue weighted by molar-refractivity contribution is -0.870. The highest BCUT2D eigenvalue weighted by Crippen LogP contribution is 2.38. The molecule has 0 saturated heterocycles. The van der Waals surface area contributed by atoms with Crippen LogP contribution in [0.1, 0.15) is 84.0 Å². The number of quaternary nitrogens is 1. The molecule has 0 aromatic carbocycles. The zero-order valence-electron chi connectivity index (χ0n) is 22.9. The summed E-state index contributed by atoms with van der Waals surface area (Å²) in [4.78, 5) is 27.8. The molecular weight excluding hydrogens is 485 g/mol. The summed E-state index contributed by atoms with van der Waals surface area (Å²) in [6.45, 7) is 1.83. The summed E-state index contributed by atoms with van der Waals surface area (Å²) in [7, 11) is 1.17. The molecule has 0 aromatic rings. The molecule has 0 radical (unpaired) electrons. The van der Waals surface area contributed by atoms with Crippen molar-refractivity contribution >= 4 is 13.8 Å². The molecule has 2 atom stereocenters. The van der Waals surface area contributed by atoms with Gasteiger partial charge in [0, 0.05) is 6.42 Å². The van der Waals surface area contributed by atoms with Crippen LogP contribution < -0.4 is 4.89 Å². The molecule has 212 valence electrons. The predicted molar refractivity (Wildman–Crippen MR) is 140 cm³/mol. The Labute approximate surface area is 218 Å². The highest BCUT2D eigenvalue weighted by atomic mass is 31.2. The van der Waals surface area contributed by atoms with Crippen LogP contribution in [0.15, 0.2) is 24.3 Å². The number of hydrogen-bond acceptors (Lipinski definition) is 8. The van der Waals surface area contributed by atoms with Crippen LogP contribution in [0.5, 0.6) is 0 Å². The van der Waals surface area contributed by atoms with Crippen LogP contribution in [-0.4, -0.2) is 69.3 Å². The summed E-state index contributed by atoms with van der Waals surface area (Å²) >= 11 is 0. The first-order valence-electron chi connectivity index (χ1n) is 13.3. The predicted octanol–water partition coefficient (Wildman–Crippen LogP) is 5.41. The molecule has 0 rings (SSSR count). The Balaban J connectivity index is 3.76.